The molecule has 0 saturated heterocycles. The number of nitrogens with zero attached hydrogens (tertiary/aromatic N) is 3. The van der Waals surface area contributed by atoms with Crippen LogP contribution >= 0.6 is 0 Å². The van der Waals surface area contributed by atoms with Gasteiger partial charge in [-0.3, -0.25) is 0 Å². The second-order valence-electron chi connectivity index (χ2n) is 4.83. The SMILES string of the molecule is N#Cc1c[nH]c(-c2nc(C3Cc4ccccc43)no2)c1. The third-order valence-electron chi connectivity index (χ3n) is 3.65. The van der Waals surface area contributed by atoms with Crippen molar-refractivity contribution in [3.63, 3.8) is 0 Å². The number of rotatable bonds is 2. The van der Waals surface area contributed by atoms with E-state index < -0.39 is 0 Å². The van der Waals surface area contributed by atoms with E-state index in [4.69, 9.17) is 9.78 Å². The lowest BCUT2D eigenvalue weighted by molar-refractivity contribution is 0.415. The summed E-state index contributed by atoms with van der Waals surface area (Å²) >= 11 is 0. The summed E-state index contributed by atoms with van der Waals surface area (Å²) in [6.07, 6.45) is 2.57. The Bertz CT molecular complexity index is 824. The van der Waals surface area contributed by atoms with Crippen molar-refractivity contribution in [1.29, 1.82) is 5.26 Å². The van der Waals surface area contributed by atoms with Crippen molar-refractivity contribution >= 4 is 0 Å². The summed E-state index contributed by atoms with van der Waals surface area (Å²) in [5, 5.41) is 12.9. The van der Waals surface area contributed by atoms with Crippen molar-refractivity contribution in [2.45, 2.75) is 12.3 Å². The van der Waals surface area contributed by atoms with Gasteiger partial charge in [-0.25, -0.2) is 0 Å². The number of benzene rings is 1. The van der Waals surface area contributed by atoms with Gasteiger partial charge in [-0.2, -0.15) is 10.2 Å². The molecule has 0 fully saturated rings. The van der Waals surface area contributed by atoms with E-state index in [1.807, 2.05) is 12.1 Å². The van der Waals surface area contributed by atoms with Gasteiger partial charge in [0, 0.05) is 6.20 Å². The molecule has 1 atom stereocenters. The zero-order valence-electron chi connectivity index (χ0n) is 10.5. The number of aromatic amines is 1. The fraction of sp³-hybridized carbons (Fsp3) is 0.133. The molecule has 96 valence electrons. The summed E-state index contributed by atoms with van der Waals surface area (Å²) in [5.74, 6) is 1.34. The normalized spacial score (nSPS) is 16.2. The Labute approximate surface area is 114 Å². The van der Waals surface area contributed by atoms with Gasteiger partial charge in [-0.15, -0.1) is 0 Å². The number of aromatic nitrogens is 3. The Balaban J connectivity index is 1.65. The second kappa shape index (κ2) is 4.07. The molecule has 5 heteroatoms. The minimum Gasteiger partial charge on any atom is -0.356 e. The zero-order valence-corrected chi connectivity index (χ0v) is 10.5. The van der Waals surface area contributed by atoms with E-state index in [2.05, 4.69) is 33.3 Å². The molecule has 0 amide bonds. The Morgan fingerprint density at radius 1 is 1.35 bits per heavy atom. The predicted molar refractivity (Wildman–Crippen MR) is 70.8 cm³/mol. The molecule has 0 saturated carbocycles. The number of nitrogens with one attached hydrogen (secondary N) is 1. The standard InChI is InChI=1S/C15H10N4O/c16-7-9-5-13(17-8-9)15-18-14(19-20-15)12-6-10-3-1-2-4-11(10)12/h1-5,8,12,17H,6H2. The molecule has 2 heterocycles. The largest absolute Gasteiger partial charge is 0.356 e. The average Bonchev–Trinajstić information content (AvgIpc) is 3.08. The quantitative estimate of drug-likeness (QED) is 0.770. The highest BCUT2D eigenvalue weighted by atomic mass is 16.5. The molecule has 1 aromatic carbocycles. The van der Waals surface area contributed by atoms with Crippen LogP contribution in [0.25, 0.3) is 11.6 Å². The maximum Gasteiger partial charge on any atom is 0.274 e. The van der Waals surface area contributed by atoms with Gasteiger partial charge < -0.3 is 9.51 Å². The molecule has 1 unspecified atom stereocenters. The van der Waals surface area contributed by atoms with Crippen molar-refractivity contribution in [1.82, 2.24) is 15.1 Å². The summed E-state index contributed by atoms with van der Waals surface area (Å²) in [7, 11) is 0. The number of H-pyrrole nitrogens is 1. The smallest absolute Gasteiger partial charge is 0.274 e. The van der Waals surface area contributed by atoms with Gasteiger partial charge in [0.15, 0.2) is 5.82 Å². The van der Waals surface area contributed by atoms with Crippen LogP contribution in [0.4, 0.5) is 0 Å². The van der Waals surface area contributed by atoms with Crippen molar-refractivity contribution in [2.75, 3.05) is 0 Å². The monoisotopic (exact) mass is 262 g/mol. The van der Waals surface area contributed by atoms with Gasteiger partial charge in [0.25, 0.3) is 5.89 Å². The summed E-state index contributed by atoms with van der Waals surface area (Å²) in [4.78, 5) is 7.39. The highest BCUT2D eigenvalue weighted by molar-refractivity contribution is 5.52. The van der Waals surface area contributed by atoms with E-state index in [0.29, 0.717) is 23.0 Å². The van der Waals surface area contributed by atoms with Crippen LogP contribution in [0.2, 0.25) is 0 Å². The molecule has 1 N–H and O–H groups in total. The van der Waals surface area contributed by atoms with Crippen LogP contribution in [0, 0.1) is 11.3 Å². The van der Waals surface area contributed by atoms with E-state index in [1.165, 1.54) is 11.1 Å². The van der Waals surface area contributed by atoms with Crippen molar-refractivity contribution < 1.29 is 4.52 Å². The van der Waals surface area contributed by atoms with E-state index in [0.717, 1.165) is 6.42 Å². The first-order valence-corrected chi connectivity index (χ1v) is 6.35. The molecular formula is C15H10N4O. The van der Waals surface area contributed by atoms with Crippen molar-refractivity contribution in [2.24, 2.45) is 0 Å². The Morgan fingerprint density at radius 2 is 2.25 bits per heavy atom. The third kappa shape index (κ3) is 1.55. The zero-order chi connectivity index (χ0) is 13.5. The molecule has 0 bridgehead atoms. The van der Waals surface area contributed by atoms with E-state index in [9.17, 15) is 0 Å². The van der Waals surface area contributed by atoms with Crippen LogP contribution in [0.5, 0.6) is 0 Å². The van der Waals surface area contributed by atoms with Crippen LogP contribution in [-0.4, -0.2) is 15.1 Å². The lowest BCUT2D eigenvalue weighted by Crippen LogP contribution is -2.19. The first-order chi connectivity index (χ1) is 9.85. The number of hydrogen-bond donors (Lipinski definition) is 1. The summed E-state index contributed by atoms with van der Waals surface area (Å²) in [6, 6.07) is 12.0. The lowest BCUT2D eigenvalue weighted by atomic mass is 9.77. The molecule has 0 spiro atoms. The van der Waals surface area contributed by atoms with Crippen LogP contribution in [0.1, 0.15) is 28.4 Å². The minimum absolute atomic E-state index is 0.217. The maximum atomic E-state index is 8.81. The van der Waals surface area contributed by atoms with E-state index >= 15 is 0 Å². The molecular weight excluding hydrogens is 252 g/mol. The molecule has 5 nitrogen and oxygen atoms in total. The lowest BCUT2D eigenvalue weighted by Gasteiger charge is -2.27. The van der Waals surface area contributed by atoms with Crippen LogP contribution in [0.15, 0.2) is 41.1 Å². The fourth-order valence-electron chi connectivity index (χ4n) is 2.56. The molecule has 0 aliphatic heterocycles. The molecule has 3 aromatic rings. The maximum absolute atomic E-state index is 8.81. The first kappa shape index (κ1) is 11.0. The summed E-state index contributed by atoms with van der Waals surface area (Å²) in [6.45, 7) is 0. The summed E-state index contributed by atoms with van der Waals surface area (Å²) < 4.78 is 5.28. The Morgan fingerprint density at radius 3 is 3.05 bits per heavy atom. The molecule has 1 aliphatic rings. The number of hydrogen-bond acceptors (Lipinski definition) is 4. The fourth-order valence-corrected chi connectivity index (χ4v) is 2.56. The van der Waals surface area contributed by atoms with Gasteiger partial charge in [0.05, 0.1) is 11.5 Å². The topological polar surface area (TPSA) is 78.5 Å². The van der Waals surface area contributed by atoms with Crippen LogP contribution in [-0.2, 0) is 6.42 Å². The van der Waals surface area contributed by atoms with Gasteiger partial charge in [-0.05, 0) is 23.6 Å². The van der Waals surface area contributed by atoms with Crippen LogP contribution < -0.4 is 0 Å². The van der Waals surface area contributed by atoms with Crippen molar-refractivity contribution in [3.05, 3.63) is 59.0 Å². The van der Waals surface area contributed by atoms with Crippen molar-refractivity contribution in [3.8, 4) is 17.7 Å². The molecule has 4 rings (SSSR count). The minimum atomic E-state index is 0.217. The summed E-state index contributed by atoms with van der Waals surface area (Å²) in [5.41, 5.74) is 3.83. The Hall–Kier alpha value is -2.87. The Kier molecular flexibility index (Phi) is 2.24. The average molecular weight is 262 g/mol. The third-order valence-corrected chi connectivity index (χ3v) is 3.65. The highest BCUT2D eigenvalue weighted by Crippen LogP contribution is 2.38. The molecule has 0 radical (unpaired) electrons. The molecule has 1 aliphatic carbocycles. The van der Waals surface area contributed by atoms with Gasteiger partial charge in [-0.1, -0.05) is 29.4 Å². The van der Waals surface area contributed by atoms with Crippen LogP contribution in [0.3, 0.4) is 0 Å². The van der Waals surface area contributed by atoms with Gasteiger partial charge in [0.2, 0.25) is 0 Å². The number of nitriles is 1. The molecule has 2 aromatic heterocycles. The van der Waals surface area contributed by atoms with Gasteiger partial charge >= 0.3 is 0 Å². The van der Waals surface area contributed by atoms with Gasteiger partial charge in [0.1, 0.15) is 11.8 Å². The predicted octanol–water partition coefficient (Wildman–Crippen LogP) is 2.62. The van der Waals surface area contributed by atoms with E-state index in [1.54, 1.807) is 12.3 Å². The highest BCUT2D eigenvalue weighted by Gasteiger charge is 2.31. The number of fused-ring (bicyclic) bond motifs is 1. The second-order valence-corrected chi connectivity index (χ2v) is 4.83. The molecule has 20 heavy (non-hydrogen) atoms. The van der Waals surface area contributed by atoms with E-state index in [-0.39, 0.29) is 5.92 Å². The first-order valence-electron chi connectivity index (χ1n) is 6.35.